The molecule has 0 aliphatic heterocycles. The number of alkyl halides is 3. The number of carbonyl (C=O) groups is 1. The second-order valence-corrected chi connectivity index (χ2v) is 6.41. The smallest absolute Gasteiger partial charge is 0.338 e. The highest BCUT2D eigenvalue weighted by molar-refractivity contribution is 6.33. The molecule has 10 heteroatoms. The predicted octanol–water partition coefficient (Wildman–Crippen LogP) is 5.02. The van der Waals surface area contributed by atoms with E-state index in [1.165, 1.54) is 0 Å². The molecule has 1 amide bonds. The van der Waals surface area contributed by atoms with Crippen molar-refractivity contribution in [2.75, 3.05) is 10.6 Å². The maximum atomic E-state index is 12.8. The first-order valence-electron chi connectivity index (χ1n) is 8.24. The molecule has 0 fully saturated rings. The van der Waals surface area contributed by atoms with Crippen LogP contribution >= 0.6 is 11.6 Å². The fourth-order valence-electron chi connectivity index (χ4n) is 2.51. The molecule has 0 saturated carbocycles. The number of aromatic nitrogens is 3. The molecule has 0 bridgehead atoms. The van der Waals surface area contributed by atoms with Crippen LogP contribution in [0.1, 0.15) is 5.56 Å². The Labute approximate surface area is 169 Å². The van der Waals surface area contributed by atoms with Gasteiger partial charge < -0.3 is 10.6 Å². The molecule has 150 valence electrons. The molecule has 3 aromatic rings. The third kappa shape index (κ3) is 4.75. The van der Waals surface area contributed by atoms with E-state index in [1.807, 2.05) is 0 Å². The lowest BCUT2D eigenvalue weighted by Crippen LogP contribution is -2.08. The number of hydrogen-bond acceptors (Lipinski definition) is 4. The molecule has 0 spiro atoms. The molecular weight excluding hydrogens is 407 g/mol. The second kappa shape index (κ2) is 7.96. The number of pyridine rings is 1. The van der Waals surface area contributed by atoms with Gasteiger partial charge in [0.05, 0.1) is 16.3 Å². The first-order valence-corrected chi connectivity index (χ1v) is 8.62. The van der Waals surface area contributed by atoms with E-state index in [9.17, 15) is 18.0 Å². The number of rotatable bonds is 5. The summed E-state index contributed by atoms with van der Waals surface area (Å²) < 4.78 is 40.1. The zero-order valence-electron chi connectivity index (χ0n) is 15.1. The minimum Gasteiger partial charge on any atom is -0.338 e. The highest BCUT2D eigenvalue weighted by Crippen LogP contribution is 2.36. The van der Waals surface area contributed by atoms with Crippen molar-refractivity contribution in [2.45, 2.75) is 6.18 Å². The molecule has 6 nitrogen and oxygen atoms in total. The Morgan fingerprint density at radius 3 is 2.62 bits per heavy atom. The topological polar surface area (TPSA) is 71.8 Å². The van der Waals surface area contributed by atoms with Gasteiger partial charge in [-0.1, -0.05) is 18.2 Å². The van der Waals surface area contributed by atoms with Crippen molar-refractivity contribution < 1.29 is 18.0 Å². The van der Waals surface area contributed by atoms with Crippen LogP contribution in [0.3, 0.4) is 0 Å². The SMILES string of the molecule is C=CC(=O)Nc1ccc(Nc2ncc(C(F)(F)F)cc2Cl)c(-c2ccn(C)n2)c1. The summed E-state index contributed by atoms with van der Waals surface area (Å²) in [6.45, 7) is 3.41. The highest BCUT2D eigenvalue weighted by atomic mass is 35.5. The van der Waals surface area contributed by atoms with Crippen molar-refractivity contribution in [3.05, 3.63) is 66.0 Å². The molecule has 0 atom stereocenters. The molecule has 0 unspecified atom stereocenters. The Kier molecular flexibility index (Phi) is 5.60. The predicted molar refractivity (Wildman–Crippen MR) is 105 cm³/mol. The molecular formula is C19H15ClF3N5O. The van der Waals surface area contributed by atoms with Crippen molar-refractivity contribution >= 4 is 34.7 Å². The van der Waals surface area contributed by atoms with Gasteiger partial charge in [-0.3, -0.25) is 9.48 Å². The standard InChI is InChI=1S/C19H15ClF3N5O/c1-3-17(29)25-12-4-5-15(13(9-12)16-6-7-28(2)27-16)26-18-14(20)8-11(10-24-18)19(21,22)23/h3-10H,1H2,2H3,(H,24,26)(H,25,29). The largest absolute Gasteiger partial charge is 0.417 e. The first-order chi connectivity index (χ1) is 13.7. The molecule has 2 N–H and O–H groups in total. The summed E-state index contributed by atoms with van der Waals surface area (Å²) >= 11 is 5.99. The Morgan fingerprint density at radius 2 is 2.03 bits per heavy atom. The summed E-state index contributed by atoms with van der Waals surface area (Å²) in [5, 5.41) is 9.73. The van der Waals surface area contributed by atoms with Crippen LogP contribution in [0.25, 0.3) is 11.3 Å². The van der Waals surface area contributed by atoms with E-state index in [-0.39, 0.29) is 16.7 Å². The minimum absolute atomic E-state index is 0.0553. The molecule has 0 saturated heterocycles. The van der Waals surface area contributed by atoms with Gasteiger partial charge in [0.2, 0.25) is 5.91 Å². The Morgan fingerprint density at radius 1 is 1.28 bits per heavy atom. The molecule has 2 aromatic heterocycles. The van der Waals surface area contributed by atoms with E-state index in [4.69, 9.17) is 11.6 Å². The monoisotopic (exact) mass is 421 g/mol. The summed E-state index contributed by atoms with van der Waals surface area (Å²) in [6, 6.07) is 7.48. The van der Waals surface area contributed by atoms with Gasteiger partial charge in [-0.05, 0) is 36.4 Å². The number of nitrogens with zero attached hydrogens (tertiary/aromatic N) is 3. The summed E-state index contributed by atoms with van der Waals surface area (Å²) in [5.41, 5.74) is 1.21. The third-order valence-electron chi connectivity index (χ3n) is 3.88. The van der Waals surface area contributed by atoms with E-state index in [0.717, 1.165) is 12.1 Å². The minimum atomic E-state index is -4.54. The lowest BCUT2D eigenvalue weighted by atomic mass is 10.1. The molecule has 0 aliphatic rings. The van der Waals surface area contributed by atoms with Gasteiger partial charge in [0.1, 0.15) is 5.82 Å². The van der Waals surface area contributed by atoms with Crippen LogP contribution in [0.2, 0.25) is 5.02 Å². The van der Waals surface area contributed by atoms with E-state index in [0.29, 0.717) is 28.8 Å². The maximum Gasteiger partial charge on any atom is 0.417 e. The van der Waals surface area contributed by atoms with Gasteiger partial charge in [-0.2, -0.15) is 18.3 Å². The fraction of sp³-hybridized carbons (Fsp3) is 0.105. The van der Waals surface area contributed by atoms with E-state index >= 15 is 0 Å². The number of anilines is 3. The van der Waals surface area contributed by atoms with Crippen LogP contribution in [0.5, 0.6) is 0 Å². The molecule has 1 aromatic carbocycles. The highest BCUT2D eigenvalue weighted by Gasteiger charge is 2.31. The number of nitrogens with one attached hydrogen (secondary N) is 2. The summed E-state index contributed by atoms with van der Waals surface area (Å²) in [4.78, 5) is 15.4. The number of carbonyl (C=O) groups excluding carboxylic acids is 1. The quantitative estimate of drug-likeness (QED) is 0.567. The van der Waals surface area contributed by atoms with Gasteiger partial charge in [0.15, 0.2) is 0 Å². The van der Waals surface area contributed by atoms with Crippen LogP contribution in [-0.4, -0.2) is 20.7 Å². The van der Waals surface area contributed by atoms with Gasteiger partial charge in [0.25, 0.3) is 0 Å². The molecule has 0 aliphatic carbocycles. The third-order valence-corrected chi connectivity index (χ3v) is 4.17. The van der Waals surface area contributed by atoms with Crippen LogP contribution in [0.4, 0.5) is 30.4 Å². The molecule has 0 radical (unpaired) electrons. The maximum absolute atomic E-state index is 12.8. The van der Waals surface area contributed by atoms with Crippen molar-refractivity contribution in [1.29, 1.82) is 0 Å². The summed E-state index contributed by atoms with van der Waals surface area (Å²) in [7, 11) is 1.74. The zero-order valence-corrected chi connectivity index (χ0v) is 15.8. The number of halogens is 4. The molecule has 29 heavy (non-hydrogen) atoms. The van der Waals surface area contributed by atoms with E-state index < -0.39 is 11.7 Å². The zero-order chi connectivity index (χ0) is 21.2. The number of aryl methyl sites for hydroxylation is 1. The van der Waals surface area contributed by atoms with Crippen LogP contribution in [0.15, 0.2) is 55.4 Å². The average molecular weight is 422 g/mol. The number of benzene rings is 1. The Balaban J connectivity index is 2.00. The van der Waals surface area contributed by atoms with Gasteiger partial charge in [-0.25, -0.2) is 4.98 Å². The van der Waals surface area contributed by atoms with Crippen molar-refractivity contribution in [3.63, 3.8) is 0 Å². The van der Waals surface area contributed by atoms with Gasteiger partial charge >= 0.3 is 6.18 Å². The van der Waals surface area contributed by atoms with Crippen LogP contribution < -0.4 is 10.6 Å². The van der Waals surface area contributed by atoms with E-state index in [2.05, 4.69) is 27.3 Å². The Hall–Kier alpha value is -3.33. The summed E-state index contributed by atoms with van der Waals surface area (Å²) in [5.74, 6) is -0.329. The van der Waals surface area contributed by atoms with Gasteiger partial charge in [-0.15, -0.1) is 0 Å². The lowest BCUT2D eigenvalue weighted by Gasteiger charge is -2.14. The number of hydrogen-bond donors (Lipinski definition) is 2. The molecule has 3 rings (SSSR count). The summed E-state index contributed by atoms with van der Waals surface area (Å²) in [6.07, 6.45) is -0.970. The number of amides is 1. The molecule has 2 heterocycles. The first kappa shape index (κ1) is 20.4. The second-order valence-electron chi connectivity index (χ2n) is 6.01. The Bertz CT molecular complexity index is 1080. The van der Waals surface area contributed by atoms with Crippen molar-refractivity contribution in [3.8, 4) is 11.3 Å². The fourth-order valence-corrected chi connectivity index (χ4v) is 2.72. The van der Waals surface area contributed by atoms with Gasteiger partial charge in [0, 0.05) is 36.4 Å². The van der Waals surface area contributed by atoms with Crippen LogP contribution in [0, 0.1) is 0 Å². The van der Waals surface area contributed by atoms with E-state index in [1.54, 1.807) is 42.2 Å². The van der Waals surface area contributed by atoms with Crippen molar-refractivity contribution in [1.82, 2.24) is 14.8 Å². The average Bonchev–Trinajstić information content (AvgIpc) is 3.09. The normalized spacial score (nSPS) is 11.2. The van der Waals surface area contributed by atoms with Crippen LogP contribution in [-0.2, 0) is 18.0 Å². The lowest BCUT2D eigenvalue weighted by molar-refractivity contribution is -0.137. The van der Waals surface area contributed by atoms with Crippen molar-refractivity contribution in [2.24, 2.45) is 7.05 Å².